The van der Waals surface area contributed by atoms with Crippen molar-refractivity contribution < 1.29 is 9.90 Å². The van der Waals surface area contributed by atoms with Gasteiger partial charge in [0.15, 0.2) is 0 Å². The third kappa shape index (κ3) is 4.10. The van der Waals surface area contributed by atoms with Crippen molar-refractivity contribution >= 4 is 5.91 Å². The maximum atomic E-state index is 11.9. The van der Waals surface area contributed by atoms with Crippen molar-refractivity contribution in [3.05, 3.63) is 0 Å². The van der Waals surface area contributed by atoms with Gasteiger partial charge >= 0.3 is 0 Å². The van der Waals surface area contributed by atoms with Gasteiger partial charge in [0.05, 0.1) is 0 Å². The molecule has 1 unspecified atom stereocenters. The van der Waals surface area contributed by atoms with Crippen LogP contribution in [0, 0.1) is 0 Å². The number of likely N-dealkylation sites (tertiary alicyclic amines) is 1. The average Bonchev–Trinajstić information content (AvgIpc) is 2.74. The van der Waals surface area contributed by atoms with Gasteiger partial charge in [-0.2, -0.15) is 0 Å². The highest BCUT2D eigenvalue weighted by atomic mass is 16.3. The number of rotatable bonds is 7. The van der Waals surface area contributed by atoms with Gasteiger partial charge in [0.25, 0.3) is 0 Å². The Hall–Kier alpha value is -0.610. The monoisotopic (exact) mass is 228 g/mol. The molecule has 0 aromatic carbocycles. The van der Waals surface area contributed by atoms with E-state index < -0.39 is 0 Å². The molecule has 4 nitrogen and oxygen atoms in total. The zero-order chi connectivity index (χ0) is 11.8. The van der Waals surface area contributed by atoms with Crippen molar-refractivity contribution in [2.75, 3.05) is 26.7 Å². The summed E-state index contributed by atoms with van der Waals surface area (Å²) in [7, 11) is 1.91. The summed E-state index contributed by atoms with van der Waals surface area (Å²) in [6.07, 6.45) is 5.56. The highest BCUT2D eigenvalue weighted by Gasteiger charge is 2.27. The number of aliphatic hydroxyl groups is 1. The second kappa shape index (κ2) is 7.63. The van der Waals surface area contributed by atoms with Crippen LogP contribution in [0.15, 0.2) is 0 Å². The Labute approximate surface area is 98.0 Å². The second-order valence-corrected chi connectivity index (χ2v) is 4.46. The number of nitrogens with one attached hydrogen (secondary N) is 1. The molecule has 0 aliphatic carbocycles. The first-order valence-electron chi connectivity index (χ1n) is 6.34. The summed E-state index contributed by atoms with van der Waals surface area (Å²) < 4.78 is 0. The van der Waals surface area contributed by atoms with Crippen LogP contribution in [0.1, 0.15) is 38.5 Å². The molecule has 0 saturated carbocycles. The van der Waals surface area contributed by atoms with Crippen LogP contribution in [0.25, 0.3) is 0 Å². The molecule has 1 heterocycles. The van der Waals surface area contributed by atoms with Crippen molar-refractivity contribution in [3.8, 4) is 0 Å². The molecule has 0 aromatic heterocycles. The summed E-state index contributed by atoms with van der Waals surface area (Å²) >= 11 is 0. The van der Waals surface area contributed by atoms with Gasteiger partial charge in [-0.3, -0.25) is 4.79 Å². The summed E-state index contributed by atoms with van der Waals surface area (Å²) in [5.74, 6) is 0.288. The Morgan fingerprint density at radius 1 is 1.50 bits per heavy atom. The fraction of sp³-hybridized carbons (Fsp3) is 0.917. The van der Waals surface area contributed by atoms with E-state index in [1.165, 1.54) is 0 Å². The molecule has 16 heavy (non-hydrogen) atoms. The molecule has 4 heteroatoms. The van der Waals surface area contributed by atoms with E-state index in [0.717, 1.165) is 45.2 Å². The molecule has 1 saturated heterocycles. The smallest absolute Gasteiger partial charge is 0.222 e. The van der Waals surface area contributed by atoms with Gasteiger partial charge in [-0.05, 0) is 45.7 Å². The number of aliphatic hydroxyl groups excluding tert-OH is 1. The zero-order valence-corrected chi connectivity index (χ0v) is 10.2. The molecule has 1 atom stereocenters. The minimum Gasteiger partial charge on any atom is -0.396 e. The van der Waals surface area contributed by atoms with Gasteiger partial charge in [-0.15, -0.1) is 0 Å². The standard InChI is InChI=1S/C12H24N2O2/c1-13-8-2-7-12(16)14-9-3-5-11(14)6-4-10-15/h11,13,15H,2-10H2,1H3. The van der Waals surface area contributed by atoms with Crippen molar-refractivity contribution in [3.63, 3.8) is 0 Å². The average molecular weight is 228 g/mol. The topological polar surface area (TPSA) is 52.6 Å². The van der Waals surface area contributed by atoms with E-state index in [-0.39, 0.29) is 12.5 Å². The van der Waals surface area contributed by atoms with Gasteiger partial charge in [0.2, 0.25) is 5.91 Å². The molecule has 1 fully saturated rings. The summed E-state index contributed by atoms with van der Waals surface area (Å²) in [5, 5.41) is 11.9. The quantitative estimate of drug-likeness (QED) is 0.632. The van der Waals surface area contributed by atoms with Crippen LogP contribution in [-0.2, 0) is 4.79 Å². The lowest BCUT2D eigenvalue weighted by molar-refractivity contribution is -0.132. The zero-order valence-electron chi connectivity index (χ0n) is 10.2. The maximum absolute atomic E-state index is 11.9. The van der Waals surface area contributed by atoms with Crippen LogP contribution < -0.4 is 5.32 Å². The van der Waals surface area contributed by atoms with Crippen LogP contribution in [0.5, 0.6) is 0 Å². The Kier molecular flexibility index (Phi) is 6.42. The molecule has 94 valence electrons. The molecule has 1 rings (SSSR count). The van der Waals surface area contributed by atoms with E-state index >= 15 is 0 Å². The summed E-state index contributed by atoms with van der Waals surface area (Å²) in [6.45, 7) is 2.05. The van der Waals surface area contributed by atoms with E-state index in [1.54, 1.807) is 0 Å². The predicted octanol–water partition coefficient (Wildman–Crippen LogP) is 0.749. The number of nitrogens with zero attached hydrogens (tertiary/aromatic N) is 1. The molecule has 0 radical (unpaired) electrons. The Morgan fingerprint density at radius 2 is 2.31 bits per heavy atom. The van der Waals surface area contributed by atoms with Crippen LogP contribution >= 0.6 is 0 Å². The Bertz CT molecular complexity index is 209. The van der Waals surface area contributed by atoms with Crippen LogP contribution in [0.4, 0.5) is 0 Å². The second-order valence-electron chi connectivity index (χ2n) is 4.46. The first kappa shape index (κ1) is 13.5. The van der Waals surface area contributed by atoms with Gasteiger partial charge in [0.1, 0.15) is 0 Å². The van der Waals surface area contributed by atoms with Gasteiger partial charge < -0.3 is 15.3 Å². The van der Waals surface area contributed by atoms with Gasteiger partial charge in [-0.1, -0.05) is 0 Å². The lowest BCUT2D eigenvalue weighted by Crippen LogP contribution is -2.35. The molecule has 0 aromatic rings. The third-order valence-corrected chi connectivity index (χ3v) is 3.21. The lowest BCUT2D eigenvalue weighted by Gasteiger charge is -2.24. The number of carbonyl (C=O) groups excluding carboxylic acids is 1. The fourth-order valence-electron chi connectivity index (χ4n) is 2.35. The largest absolute Gasteiger partial charge is 0.396 e. The van der Waals surface area contributed by atoms with Crippen LogP contribution in [-0.4, -0.2) is 48.7 Å². The van der Waals surface area contributed by atoms with Crippen molar-refractivity contribution in [2.45, 2.75) is 44.6 Å². The van der Waals surface area contributed by atoms with Gasteiger partial charge in [-0.25, -0.2) is 0 Å². The fourth-order valence-corrected chi connectivity index (χ4v) is 2.35. The highest BCUT2D eigenvalue weighted by Crippen LogP contribution is 2.22. The van der Waals surface area contributed by atoms with E-state index in [0.29, 0.717) is 12.5 Å². The summed E-state index contributed by atoms with van der Waals surface area (Å²) in [4.78, 5) is 13.9. The molecular formula is C12H24N2O2. The Balaban J connectivity index is 2.29. The van der Waals surface area contributed by atoms with E-state index in [2.05, 4.69) is 5.32 Å². The minimum absolute atomic E-state index is 0.234. The molecule has 1 amide bonds. The summed E-state index contributed by atoms with van der Waals surface area (Å²) in [5.41, 5.74) is 0. The molecule has 2 N–H and O–H groups in total. The first-order chi connectivity index (χ1) is 7.79. The van der Waals surface area contributed by atoms with Crippen molar-refractivity contribution in [2.24, 2.45) is 0 Å². The normalized spacial score (nSPS) is 20.4. The minimum atomic E-state index is 0.234. The highest BCUT2D eigenvalue weighted by molar-refractivity contribution is 5.76. The number of hydrogen-bond acceptors (Lipinski definition) is 3. The SMILES string of the molecule is CNCCCC(=O)N1CCCC1CCCO. The van der Waals surface area contributed by atoms with Gasteiger partial charge in [0, 0.05) is 25.6 Å². The Morgan fingerprint density at radius 3 is 3.00 bits per heavy atom. The maximum Gasteiger partial charge on any atom is 0.222 e. The molecule has 1 aliphatic heterocycles. The first-order valence-corrected chi connectivity index (χ1v) is 6.34. The number of carbonyl (C=O) groups is 1. The summed E-state index contributed by atoms with van der Waals surface area (Å²) in [6, 6.07) is 0.384. The molecule has 0 bridgehead atoms. The van der Waals surface area contributed by atoms with Crippen molar-refractivity contribution in [1.29, 1.82) is 0 Å². The number of amides is 1. The van der Waals surface area contributed by atoms with E-state index in [9.17, 15) is 4.79 Å². The third-order valence-electron chi connectivity index (χ3n) is 3.21. The molecule has 0 spiro atoms. The molecular weight excluding hydrogens is 204 g/mol. The predicted molar refractivity (Wildman–Crippen MR) is 64.2 cm³/mol. The number of hydrogen-bond donors (Lipinski definition) is 2. The molecule has 1 aliphatic rings. The van der Waals surface area contributed by atoms with Crippen LogP contribution in [0.2, 0.25) is 0 Å². The van der Waals surface area contributed by atoms with Crippen LogP contribution in [0.3, 0.4) is 0 Å². The van der Waals surface area contributed by atoms with E-state index in [4.69, 9.17) is 5.11 Å². The lowest BCUT2D eigenvalue weighted by atomic mass is 10.1. The van der Waals surface area contributed by atoms with Crippen molar-refractivity contribution in [1.82, 2.24) is 10.2 Å². The van der Waals surface area contributed by atoms with E-state index in [1.807, 2.05) is 11.9 Å².